The van der Waals surface area contributed by atoms with Gasteiger partial charge in [-0.25, -0.2) is 0 Å². The maximum absolute atomic E-state index is 12.7. The molecule has 0 aliphatic heterocycles. The van der Waals surface area contributed by atoms with Crippen molar-refractivity contribution in [2.75, 3.05) is 19.4 Å². The van der Waals surface area contributed by atoms with Crippen molar-refractivity contribution in [3.8, 4) is 0 Å². The molecule has 0 saturated carbocycles. The van der Waals surface area contributed by atoms with Crippen molar-refractivity contribution in [1.82, 2.24) is 0 Å². The number of hydrogen-bond acceptors (Lipinski definition) is 6. The normalized spacial score (nSPS) is 22.9. The van der Waals surface area contributed by atoms with Gasteiger partial charge in [0.2, 0.25) is 0 Å². The van der Waals surface area contributed by atoms with Crippen LogP contribution < -0.4 is 0 Å². The van der Waals surface area contributed by atoms with Crippen LogP contribution in [-0.4, -0.2) is 47.2 Å². The molecule has 1 aliphatic carbocycles. The summed E-state index contributed by atoms with van der Waals surface area (Å²) < 4.78 is 5.19. The van der Waals surface area contributed by atoms with E-state index in [2.05, 4.69) is 18.8 Å². The van der Waals surface area contributed by atoms with E-state index < -0.39 is 11.9 Å². The number of aliphatic hydroxyl groups is 1. The van der Waals surface area contributed by atoms with Crippen molar-refractivity contribution in [1.29, 1.82) is 0 Å². The second kappa shape index (κ2) is 10.6. The first kappa shape index (κ1) is 21.7. The Morgan fingerprint density at radius 1 is 1.40 bits per heavy atom. The summed E-state index contributed by atoms with van der Waals surface area (Å²) in [5.74, 6) is -0.753. The highest BCUT2D eigenvalue weighted by atomic mass is 32.2. The summed E-state index contributed by atoms with van der Waals surface area (Å²) >= 11 is 1.79. The van der Waals surface area contributed by atoms with Gasteiger partial charge in [0.1, 0.15) is 11.7 Å². The highest BCUT2D eigenvalue weighted by Crippen LogP contribution is 2.38. The number of allylic oxidation sites excluding steroid dienone is 1. The Labute approximate surface area is 155 Å². The maximum atomic E-state index is 12.7. The molecule has 0 spiro atoms. The molecule has 1 aliphatic rings. The van der Waals surface area contributed by atoms with Crippen LogP contribution in [0, 0.1) is 11.8 Å². The van der Waals surface area contributed by atoms with Gasteiger partial charge in [0.15, 0.2) is 5.78 Å². The average Bonchev–Trinajstić information content (AvgIpc) is 2.54. The standard InChI is InChI=1S/C19H31NO4S/c1-6-9-14(20-5)17-15(21)11-13(10-12(4)25-8-3)16(18(17)22)19(23)24-7-2/h12-13,16,22H,6-11H2,1-5H3/t12-,13-,16+/m1/s1. The van der Waals surface area contributed by atoms with Gasteiger partial charge in [0.25, 0.3) is 0 Å². The summed E-state index contributed by atoms with van der Waals surface area (Å²) in [5, 5.41) is 11.1. The first-order valence-corrected chi connectivity index (χ1v) is 10.2. The Kier molecular flexibility index (Phi) is 9.25. The smallest absolute Gasteiger partial charge is 0.316 e. The third kappa shape index (κ3) is 5.59. The predicted molar refractivity (Wildman–Crippen MR) is 103 cm³/mol. The van der Waals surface area contributed by atoms with Gasteiger partial charge < -0.3 is 9.84 Å². The van der Waals surface area contributed by atoms with Gasteiger partial charge in [-0.1, -0.05) is 27.2 Å². The molecule has 0 aromatic rings. The van der Waals surface area contributed by atoms with E-state index in [9.17, 15) is 14.7 Å². The van der Waals surface area contributed by atoms with Gasteiger partial charge in [-0.05, 0) is 31.4 Å². The van der Waals surface area contributed by atoms with Crippen LogP contribution in [0.1, 0.15) is 53.4 Å². The van der Waals surface area contributed by atoms with Gasteiger partial charge in [0, 0.05) is 24.4 Å². The fourth-order valence-electron chi connectivity index (χ4n) is 3.41. The van der Waals surface area contributed by atoms with Crippen LogP contribution in [0.5, 0.6) is 0 Å². The lowest BCUT2D eigenvalue weighted by atomic mass is 9.74. The van der Waals surface area contributed by atoms with Crippen molar-refractivity contribution < 1.29 is 19.4 Å². The molecule has 0 saturated heterocycles. The molecule has 0 aromatic carbocycles. The quantitative estimate of drug-likeness (QED) is 0.491. The van der Waals surface area contributed by atoms with Crippen LogP contribution in [0.15, 0.2) is 16.3 Å². The lowest BCUT2D eigenvalue weighted by molar-refractivity contribution is -0.150. The molecule has 0 unspecified atom stereocenters. The Hall–Kier alpha value is -1.30. The van der Waals surface area contributed by atoms with E-state index in [4.69, 9.17) is 4.74 Å². The van der Waals surface area contributed by atoms with E-state index in [1.54, 1.807) is 25.7 Å². The summed E-state index contributed by atoms with van der Waals surface area (Å²) in [4.78, 5) is 29.4. The first-order valence-electron chi connectivity index (χ1n) is 9.11. The highest BCUT2D eigenvalue weighted by Gasteiger charge is 2.43. The monoisotopic (exact) mass is 369 g/mol. The van der Waals surface area contributed by atoms with E-state index in [1.807, 2.05) is 6.92 Å². The predicted octanol–water partition coefficient (Wildman–Crippen LogP) is 3.97. The number of rotatable bonds is 9. The minimum absolute atomic E-state index is 0.120. The third-order valence-corrected chi connectivity index (χ3v) is 5.52. The molecule has 0 heterocycles. The second-order valence-electron chi connectivity index (χ2n) is 6.30. The molecule has 5 nitrogen and oxygen atoms in total. The molecular formula is C19H31NO4S. The summed E-state index contributed by atoms with van der Waals surface area (Å²) in [6.07, 6.45) is 2.36. The zero-order valence-electron chi connectivity index (χ0n) is 16.0. The second-order valence-corrected chi connectivity index (χ2v) is 8.01. The Morgan fingerprint density at radius 2 is 2.08 bits per heavy atom. The van der Waals surface area contributed by atoms with Gasteiger partial charge in [-0.15, -0.1) is 0 Å². The fraction of sp³-hybridized carbons (Fsp3) is 0.737. The fourth-order valence-corrected chi connectivity index (χ4v) is 4.36. The number of aliphatic hydroxyl groups excluding tert-OH is 1. The molecule has 25 heavy (non-hydrogen) atoms. The number of carbonyl (C=O) groups is 2. The molecule has 0 radical (unpaired) electrons. The molecule has 0 aromatic heterocycles. The van der Waals surface area contributed by atoms with Crippen molar-refractivity contribution in [2.45, 2.75) is 58.6 Å². The summed E-state index contributed by atoms with van der Waals surface area (Å²) in [5.41, 5.74) is 0.809. The van der Waals surface area contributed by atoms with Crippen LogP contribution >= 0.6 is 11.8 Å². The number of hydrogen-bond donors (Lipinski definition) is 1. The number of esters is 1. The van der Waals surface area contributed by atoms with E-state index in [1.165, 1.54) is 0 Å². The third-order valence-electron chi connectivity index (χ3n) is 4.42. The van der Waals surface area contributed by atoms with Gasteiger partial charge >= 0.3 is 5.97 Å². The van der Waals surface area contributed by atoms with Crippen molar-refractivity contribution in [3.05, 3.63) is 11.3 Å². The largest absolute Gasteiger partial charge is 0.511 e. The van der Waals surface area contributed by atoms with Crippen molar-refractivity contribution in [3.63, 3.8) is 0 Å². The van der Waals surface area contributed by atoms with E-state index >= 15 is 0 Å². The number of ketones is 1. The number of nitrogens with zero attached hydrogens (tertiary/aromatic N) is 1. The molecule has 3 atom stereocenters. The van der Waals surface area contributed by atoms with Gasteiger partial charge in [-0.2, -0.15) is 11.8 Å². The number of Topliss-reactive ketones (excluding diaryl/α,β-unsaturated/α-hetero) is 1. The molecule has 0 amide bonds. The van der Waals surface area contributed by atoms with E-state index in [0.29, 0.717) is 23.8 Å². The van der Waals surface area contributed by atoms with Gasteiger partial charge in [-0.3, -0.25) is 14.6 Å². The summed E-state index contributed by atoms with van der Waals surface area (Å²) in [6.45, 7) is 8.16. The zero-order valence-corrected chi connectivity index (χ0v) is 16.8. The molecule has 0 fully saturated rings. The van der Waals surface area contributed by atoms with Crippen LogP contribution in [0.3, 0.4) is 0 Å². The Morgan fingerprint density at radius 3 is 2.60 bits per heavy atom. The van der Waals surface area contributed by atoms with E-state index in [-0.39, 0.29) is 36.1 Å². The van der Waals surface area contributed by atoms with E-state index in [0.717, 1.165) is 12.2 Å². The summed E-state index contributed by atoms with van der Waals surface area (Å²) in [7, 11) is 1.62. The molecule has 1 N–H and O–H groups in total. The molecule has 1 rings (SSSR count). The van der Waals surface area contributed by atoms with Crippen LogP contribution in [-0.2, 0) is 14.3 Å². The number of ether oxygens (including phenoxy) is 1. The highest BCUT2D eigenvalue weighted by molar-refractivity contribution is 7.99. The molecule has 0 bridgehead atoms. The number of carbonyl (C=O) groups excluding carboxylic acids is 2. The van der Waals surface area contributed by atoms with Crippen LogP contribution in [0.2, 0.25) is 0 Å². The van der Waals surface area contributed by atoms with Gasteiger partial charge in [0.05, 0.1) is 12.2 Å². The minimum atomic E-state index is -0.777. The Bertz CT molecular complexity index is 542. The minimum Gasteiger partial charge on any atom is -0.511 e. The maximum Gasteiger partial charge on any atom is 0.316 e. The SMILES string of the molecule is CCCC(=NC)C1=C(O)[C@@H](C(=O)OCC)[C@H](C[C@@H](C)SCC)CC1=O. The van der Waals surface area contributed by atoms with Crippen LogP contribution in [0.25, 0.3) is 0 Å². The topological polar surface area (TPSA) is 76.0 Å². The molecule has 6 heteroatoms. The summed E-state index contributed by atoms with van der Waals surface area (Å²) in [6, 6.07) is 0. The zero-order chi connectivity index (χ0) is 19.0. The Balaban J connectivity index is 3.26. The first-order chi connectivity index (χ1) is 11.9. The van der Waals surface area contributed by atoms with Crippen LogP contribution in [0.4, 0.5) is 0 Å². The molecular weight excluding hydrogens is 338 g/mol. The number of aliphatic imine (C=N–C) groups is 1. The van der Waals surface area contributed by atoms with Crippen molar-refractivity contribution in [2.24, 2.45) is 16.8 Å². The average molecular weight is 370 g/mol. The lowest BCUT2D eigenvalue weighted by Gasteiger charge is -2.32. The lowest BCUT2D eigenvalue weighted by Crippen LogP contribution is -2.38. The molecule has 142 valence electrons. The number of thioether (sulfide) groups is 1. The van der Waals surface area contributed by atoms with Crippen molar-refractivity contribution >= 4 is 29.2 Å².